The van der Waals surface area contributed by atoms with E-state index in [-0.39, 0.29) is 16.9 Å². The zero-order valence-electron chi connectivity index (χ0n) is 11.8. The molecule has 108 valence electrons. The maximum atomic E-state index is 12.1. The molecule has 0 spiro atoms. The summed E-state index contributed by atoms with van der Waals surface area (Å²) in [6.45, 7) is 6.16. The van der Waals surface area contributed by atoms with Crippen molar-refractivity contribution in [1.82, 2.24) is 9.88 Å². The Balaban J connectivity index is 2.16. The van der Waals surface area contributed by atoms with E-state index in [0.29, 0.717) is 0 Å². The molecule has 1 N–H and O–H groups in total. The van der Waals surface area contributed by atoms with Gasteiger partial charge >= 0.3 is 0 Å². The quantitative estimate of drug-likeness (QED) is 0.940. The van der Waals surface area contributed by atoms with Gasteiger partial charge in [-0.25, -0.2) is 13.1 Å². The van der Waals surface area contributed by atoms with E-state index in [1.807, 2.05) is 20.8 Å². The predicted octanol–water partition coefficient (Wildman–Crippen LogP) is 2.45. The second kappa shape index (κ2) is 5.38. The van der Waals surface area contributed by atoms with Gasteiger partial charge in [0.15, 0.2) is 0 Å². The lowest BCUT2D eigenvalue weighted by atomic mass is 9.90. The van der Waals surface area contributed by atoms with Crippen molar-refractivity contribution in [3.8, 4) is 0 Å². The smallest absolute Gasteiger partial charge is 0.240 e. The zero-order valence-corrected chi connectivity index (χ0v) is 12.6. The third kappa shape index (κ3) is 3.26. The van der Waals surface area contributed by atoms with Crippen LogP contribution in [0.1, 0.15) is 32.0 Å². The molecule has 0 aliphatic carbocycles. The van der Waals surface area contributed by atoms with Crippen LogP contribution in [-0.4, -0.2) is 13.6 Å². The molecule has 0 amide bonds. The normalized spacial score (nSPS) is 12.6. The van der Waals surface area contributed by atoms with E-state index in [1.165, 1.54) is 6.26 Å². The van der Waals surface area contributed by atoms with Gasteiger partial charge in [0, 0.05) is 17.5 Å². The van der Waals surface area contributed by atoms with Crippen molar-refractivity contribution in [2.24, 2.45) is 0 Å². The average Bonchev–Trinajstić information content (AvgIpc) is 2.86. The first-order valence-electron chi connectivity index (χ1n) is 6.29. The molecule has 1 aromatic carbocycles. The molecule has 5 nitrogen and oxygen atoms in total. The minimum absolute atomic E-state index is 0.160. The lowest BCUT2D eigenvalue weighted by Crippen LogP contribution is -2.25. The molecule has 20 heavy (non-hydrogen) atoms. The highest BCUT2D eigenvalue weighted by atomic mass is 32.2. The van der Waals surface area contributed by atoms with E-state index in [0.717, 1.165) is 11.3 Å². The van der Waals surface area contributed by atoms with Crippen LogP contribution in [-0.2, 0) is 22.0 Å². The summed E-state index contributed by atoms with van der Waals surface area (Å²) in [6, 6.07) is 8.26. The minimum atomic E-state index is -3.52. The number of nitrogens with zero attached hydrogens (tertiary/aromatic N) is 1. The molecule has 0 aliphatic heterocycles. The number of nitrogens with one attached hydrogen (secondary N) is 1. The van der Waals surface area contributed by atoms with E-state index >= 15 is 0 Å². The Morgan fingerprint density at radius 1 is 1.20 bits per heavy atom. The number of rotatable bonds is 4. The molecule has 0 aliphatic rings. The van der Waals surface area contributed by atoms with Crippen LogP contribution >= 0.6 is 0 Å². The lowest BCUT2D eigenvalue weighted by molar-refractivity contribution is 0.393. The van der Waals surface area contributed by atoms with Crippen LogP contribution in [0.5, 0.6) is 0 Å². The van der Waals surface area contributed by atoms with Gasteiger partial charge in [0.05, 0.1) is 10.6 Å². The lowest BCUT2D eigenvalue weighted by Gasteiger charge is -2.16. The zero-order chi connectivity index (χ0) is 14.8. The Labute approximate surface area is 119 Å². The van der Waals surface area contributed by atoms with Crippen LogP contribution in [0.2, 0.25) is 0 Å². The number of hydrogen-bond donors (Lipinski definition) is 1. The molecule has 1 aromatic heterocycles. The monoisotopic (exact) mass is 294 g/mol. The summed E-state index contributed by atoms with van der Waals surface area (Å²) in [5, 5.41) is 3.95. The van der Waals surface area contributed by atoms with Gasteiger partial charge in [0.2, 0.25) is 10.0 Å². The molecular formula is C14H18N2O3S. The van der Waals surface area contributed by atoms with Gasteiger partial charge in [-0.2, -0.15) is 0 Å². The summed E-state index contributed by atoms with van der Waals surface area (Å²) in [4.78, 5) is 0.244. The van der Waals surface area contributed by atoms with Crippen LogP contribution < -0.4 is 4.72 Å². The molecular weight excluding hydrogens is 276 g/mol. The van der Waals surface area contributed by atoms with E-state index < -0.39 is 10.0 Å². The maximum Gasteiger partial charge on any atom is 0.240 e. The standard InChI is InChI=1S/C14H18N2O3S/c1-14(2,3)13-11(10-19-16-13)9-15-20(17,18)12-7-5-4-6-8-12/h4-8,10,15H,9H2,1-3H3. The van der Waals surface area contributed by atoms with Gasteiger partial charge < -0.3 is 4.52 Å². The first-order valence-corrected chi connectivity index (χ1v) is 7.77. The minimum Gasteiger partial charge on any atom is -0.364 e. The molecule has 0 saturated carbocycles. The molecule has 0 bridgehead atoms. The Bertz CT molecular complexity index is 670. The van der Waals surface area contributed by atoms with Gasteiger partial charge in [0.25, 0.3) is 0 Å². The summed E-state index contributed by atoms with van der Waals surface area (Å²) in [7, 11) is -3.52. The van der Waals surface area contributed by atoms with Crippen LogP contribution in [0, 0.1) is 0 Å². The second-order valence-corrected chi connectivity index (χ2v) is 7.34. The van der Waals surface area contributed by atoms with Crippen molar-refractivity contribution < 1.29 is 12.9 Å². The summed E-state index contributed by atoms with van der Waals surface area (Å²) in [6.07, 6.45) is 1.48. The number of hydrogen-bond acceptors (Lipinski definition) is 4. The van der Waals surface area contributed by atoms with Crippen molar-refractivity contribution in [3.63, 3.8) is 0 Å². The Morgan fingerprint density at radius 2 is 1.85 bits per heavy atom. The van der Waals surface area contributed by atoms with Gasteiger partial charge in [-0.3, -0.25) is 0 Å². The first kappa shape index (κ1) is 14.7. The molecule has 0 unspecified atom stereocenters. The van der Waals surface area contributed by atoms with Crippen LogP contribution in [0.15, 0.2) is 46.0 Å². The van der Waals surface area contributed by atoms with Gasteiger partial charge in [-0.1, -0.05) is 44.1 Å². The summed E-state index contributed by atoms with van der Waals surface area (Å²) >= 11 is 0. The number of sulfonamides is 1. The molecule has 2 rings (SSSR count). The van der Waals surface area contributed by atoms with E-state index in [2.05, 4.69) is 9.88 Å². The van der Waals surface area contributed by atoms with Gasteiger partial charge in [-0.05, 0) is 12.1 Å². The van der Waals surface area contributed by atoms with Gasteiger partial charge in [0.1, 0.15) is 6.26 Å². The van der Waals surface area contributed by atoms with Crippen molar-refractivity contribution >= 4 is 10.0 Å². The van der Waals surface area contributed by atoms with Crippen LogP contribution in [0.4, 0.5) is 0 Å². The fourth-order valence-corrected chi connectivity index (χ4v) is 2.88. The number of benzene rings is 1. The highest BCUT2D eigenvalue weighted by molar-refractivity contribution is 7.89. The first-order chi connectivity index (χ1) is 9.31. The maximum absolute atomic E-state index is 12.1. The molecule has 2 aromatic rings. The molecule has 1 heterocycles. The SMILES string of the molecule is CC(C)(C)c1nocc1CNS(=O)(=O)c1ccccc1. The molecule has 6 heteroatoms. The highest BCUT2D eigenvalue weighted by Gasteiger charge is 2.23. The average molecular weight is 294 g/mol. The summed E-state index contributed by atoms with van der Waals surface area (Å²) < 4.78 is 31.8. The second-order valence-electron chi connectivity index (χ2n) is 5.58. The van der Waals surface area contributed by atoms with Crippen molar-refractivity contribution in [3.05, 3.63) is 47.9 Å². The van der Waals surface area contributed by atoms with Gasteiger partial charge in [-0.15, -0.1) is 0 Å². The summed E-state index contributed by atoms with van der Waals surface area (Å²) in [5.41, 5.74) is 1.31. The molecule has 0 atom stereocenters. The molecule has 0 radical (unpaired) electrons. The topological polar surface area (TPSA) is 72.2 Å². The fourth-order valence-electron chi connectivity index (χ4n) is 1.86. The Morgan fingerprint density at radius 3 is 2.45 bits per heavy atom. The summed E-state index contributed by atoms with van der Waals surface area (Å²) in [5.74, 6) is 0. The third-order valence-electron chi connectivity index (χ3n) is 2.86. The number of aromatic nitrogens is 1. The predicted molar refractivity (Wildman–Crippen MR) is 75.7 cm³/mol. The van der Waals surface area contributed by atoms with Crippen molar-refractivity contribution in [2.75, 3.05) is 0 Å². The van der Waals surface area contributed by atoms with E-state index in [9.17, 15) is 8.42 Å². The van der Waals surface area contributed by atoms with Crippen LogP contribution in [0.3, 0.4) is 0 Å². The molecule has 0 fully saturated rings. The van der Waals surface area contributed by atoms with E-state index in [4.69, 9.17) is 4.52 Å². The van der Waals surface area contributed by atoms with Crippen molar-refractivity contribution in [1.29, 1.82) is 0 Å². The van der Waals surface area contributed by atoms with E-state index in [1.54, 1.807) is 30.3 Å². The van der Waals surface area contributed by atoms with Crippen molar-refractivity contribution in [2.45, 2.75) is 37.6 Å². The Hall–Kier alpha value is -1.66. The highest BCUT2D eigenvalue weighted by Crippen LogP contribution is 2.24. The third-order valence-corrected chi connectivity index (χ3v) is 4.28. The molecule has 0 saturated heterocycles. The van der Waals surface area contributed by atoms with Crippen LogP contribution in [0.25, 0.3) is 0 Å². The fraction of sp³-hybridized carbons (Fsp3) is 0.357. The largest absolute Gasteiger partial charge is 0.364 e. The Kier molecular flexibility index (Phi) is 3.96.